The summed E-state index contributed by atoms with van der Waals surface area (Å²) in [5.74, 6) is 1.90. The highest BCUT2D eigenvalue weighted by molar-refractivity contribution is 4.65. The molecule has 2 heteroatoms. The number of aliphatic hydroxyl groups is 1. The fourth-order valence-corrected chi connectivity index (χ4v) is 1.45. The first-order chi connectivity index (χ1) is 5.61. The summed E-state index contributed by atoms with van der Waals surface area (Å²) < 4.78 is 0. The third-order valence-electron chi connectivity index (χ3n) is 2.73. The molecule has 0 saturated carbocycles. The van der Waals surface area contributed by atoms with E-state index in [4.69, 9.17) is 10.8 Å². The van der Waals surface area contributed by atoms with Crippen molar-refractivity contribution in [2.45, 2.75) is 33.6 Å². The van der Waals surface area contributed by atoms with Crippen molar-refractivity contribution in [1.29, 1.82) is 0 Å². The Labute approximate surface area is 76.2 Å². The number of nitrogens with two attached hydrogens (primary N) is 1. The largest absolute Gasteiger partial charge is 0.396 e. The van der Waals surface area contributed by atoms with Gasteiger partial charge in [-0.25, -0.2) is 0 Å². The van der Waals surface area contributed by atoms with Crippen LogP contribution in [0.5, 0.6) is 0 Å². The monoisotopic (exact) mass is 173 g/mol. The summed E-state index contributed by atoms with van der Waals surface area (Å²) in [6.45, 7) is 7.71. The van der Waals surface area contributed by atoms with Gasteiger partial charge < -0.3 is 10.8 Å². The summed E-state index contributed by atoms with van der Waals surface area (Å²) in [5, 5.41) is 8.75. The van der Waals surface area contributed by atoms with Crippen molar-refractivity contribution in [2.24, 2.45) is 23.5 Å². The topological polar surface area (TPSA) is 46.2 Å². The second kappa shape index (κ2) is 6.44. The molecule has 2 nitrogen and oxygen atoms in total. The van der Waals surface area contributed by atoms with Crippen LogP contribution >= 0.6 is 0 Å². The summed E-state index contributed by atoms with van der Waals surface area (Å²) in [7, 11) is 0. The smallest absolute Gasteiger partial charge is 0.0433 e. The van der Waals surface area contributed by atoms with Gasteiger partial charge in [0, 0.05) is 6.61 Å². The van der Waals surface area contributed by atoms with E-state index in [1.807, 2.05) is 0 Å². The molecule has 0 aliphatic rings. The van der Waals surface area contributed by atoms with Gasteiger partial charge in [-0.2, -0.15) is 0 Å². The molecular weight excluding hydrogens is 150 g/mol. The van der Waals surface area contributed by atoms with Gasteiger partial charge in [0.1, 0.15) is 0 Å². The number of hydrogen-bond donors (Lipinski definition) is 2. The fourth-order valence-electron chi connectivity index (χ4n) is 1.45. The molecule has 0 heterocycles. The van der Waals surface area contributed by atoms with Crippen molar-refractivity contribution in [3.8, 4) is 0 Å². The molecular formula is C10H23NO. The van der Waals surface area contributed by atoms with E-state index in [9.17, 15) is 0 Å². The Hall–Kier alpha value is -0.0800. The molecule has 3 unspecified atom stereocenters. The van der Waals surface area contributed by atoms with Crippen molar-refractivity contribution in [3.05, 3.63) is 0 Å². The van der Waals surface area contributed by atoms with Crippen LogP contribution in [0.25, 0.3) is 0 Å². The van der Waals surface area contributed by atoms with Gasteiger partial charge in [-0.15, -0.1) is 0 Å². The molecule has 0 rings (SSSR count). The van der Waals surface area contributed by atoms with Gasteiger partial charge in [-0.3, -0.25) is 0 Å². The highest BCUT2D eigenvalue weighted by Crippen LogP contribution is 2.21. The predicted molar refractivity (Wildman–Crippen MR) is 52.9 cm³/mol. The van der Waals surface area contributed by atoms with E-state index >= 15 is 0 Å². The lowest BCUT2D eigenvalue weighted by Gasteiger charge is -2.21. The molecule has 12 heavy (non-hydrogen) atoms. The van der Waals surface area contributed by atoms with Crippen molar-refractivity contribution in [3.63, 3.8) is 0 Å². The van der Waals surface area contributed by atoms with Gasteiger partial charge in [-0.1, -0.05) is 20.8 Å². The average Bonchev–Trinajstić information content (AvgIpc) is 2.04. The first-order valence-electron chi connectivity index (χ1n) is 4.92. The van der Waals surface area contributed by atoms with Crippen LogP contribution < -0.4 is 5.73 Å². The van der Waals surface area contributed by atoms with E-state index in [0.717, 1.165) is 13.0 Å². The average molecular weight is 173 g/mol. The molecule has 0 saturated heterocycles. The van der Waals surface area contributed by atoms with Crippen LogP contribution in [0.2, 0.25) is 0 Å². The molecule has 3 atom stereocenters. The molecule has 0 aromatic heterocycles. The van der Waals surface area contributed by atoms with Crippen LogP contribution in [-0.4, -0.2) is 18.3 Å². The van der Waals surface area contributed by atoms with Crippen molar-refractivity contribution in [2.75, 3.05) is 13.2 Å². The Morgan fingerprint density at radius 2 is 1.75 bits per heavy atom. The Morgan fingerprint density at radius 3 is 2.17 bits per heavy atom. The maximum absolute atomic E-state index is 8.75. The quantitative estimate of drug-likeness (QED) is 0.641. The lowest BCUT2D eigenvalue weighted by molar-refractivity contribution is 0.221. The molecule has 0 aromatic carbocycles. The molecule has 0 spiro atoms. The van der Waals surface area contributed by atoms with Gasteiger partial charge in [0.2, 0.25) is 0 Å². The minimum Gasteiger partial charge on any atom is -0.396 e. The Kier molecular flexibility index (Phi) is 6.39. The van der Waals surface area contributed by atoms with Crippen LogP contribution in [0.3, 0.4) is 0 Å². The zero-order valence-electron chi connectivity index (χ0n) is 8.59. The summed E-state index contributed by atoms with van der Waals surface area (Å²) in [6.07, 6.45) is 2.09. The highest BCUT2D eigenvalue weighted by Gasteiger charge is 2.13. The summed E-state index contributed by atoms with van der Waals surface area (Å²) in [5.41, 5.74) is 5.55. The standard InChI is InChI=1S/C10H23NO/c1-8(7-11)6-10(3)9(2)4-5-12/h8-10,12H,4-7,11H2,1-3H3. The molecule has 0 radical (unpaired) electrons. The lowest BCUT2D eigenvalue weighted by Crippen LogP contribution is -2.18. The zero-order valence-corrected chi connectivity index (χ0v) is 8.59. The van der Waals surface area contributed by atoms with E-state index in [1.54, 1.807) is 0 Å². The van der Waals surface area contributed by atoms with Crippen LogP contribution in [0.15, 0.2) is 0 Å². The van der Waals surface area contributed by atoms with Gasteiger partial charge in [0.05, 0.1) is 0 Å². The molecule has 74 valence electrons. The minimum atomic E-state index is 0.308. The fraction of sp³-hybridized carbons (Fsp3) is 1.00. The van der Waals surface area contributed by atoms with E-state index in [1.165, 1.54) is 6.42 Å². The van der Waals surface area contributed by atoms with E-state index in [2.05, 4.69) is 20.8 Å². The molecule has 0 aliphatic heterocycles. The summed E-state index contributed by atoms with van der Waals surface area (Å²) in [4.78, 5) is 0. The minimum absolute atomic E-state index is 0.308. The second-order valence-electron chi connectivity index (χ2n) is 4.04. The first kappa shape index (κ1) is 11.9. The van der Waals surface area contributed by atoms with Crippen LogP contribution in [0.4, 0.5) is 0 Å². The predicted octanol–water partition coefficient (Wildman–Crippen LogP) is 1.63. The summed E-state index contributed by atoms with van der Waals surface area (Å²) in [6, 6.07) is 0. The normalized spacial score (nSPS) is 18.8. The Morgan fingerprint density at radius 1 is 1.17 bits per heavy atom. The molecule has 0 fully saturated rings. The van der Waals surface area contributed by atoms with E-state index in [0.29, 0.717) is 24.4 Å². The molecule has 0 bridgehead atoms. The Bertz CT molecular complexity index is 106. The van der Waals surface area contributed by atoms with Gasteiger partial charge in [0.15, 0.2) is 0 Å². The van der Waals surface area contributed by atoms with Crippen molar-refractivity contribution < 1.29 is 5.11 Å². The summed E-state index contributed by atoms with van der Waals surface area (Å²) >= 11 is 0. The van der Waals surface area contributed by atoms with Gasteiger partial charge in [-0.05, 0) is 37.1 Å². The molecule has 0 aromatic rings. The van der Waals surface area contributed by atoms with Crippen molar-refractivity contribution >= 4 is 0 Å². The lowest BCUT2D eigenvalue weighted by atomic mass is 9.86. The second-order valence-corrected chi connectivity index (χ2v) is 4.04. The number of rotatable bonds is 6. The van der Waals surface area contributed by atoms with Crippen LogP contribution in [-0.2, 0) is 0 Å². The van der Waals surface area contributed by atoms with Gasteiger partial charge >= 0.3 is 0 Å². The third kappa shape index (κ3) is 4.73. The first-order valence-corrected chi connectivity index (χ1v) is 4.92. The Balaban J connectivity index is 3.62. The van der Waals surface area contributed by atoms with Crippen LogP contribution in [0.1, 0.15) is 33.6 Å². The van der Waals surface area contributed by atoms with Crippen molar-refractivity contribution in [1.82, 2.24) is 0 Å². The SMILES string of the molecule is CC(CN)CC(C)C(C)CCO. The maximum atomic E-state index is 8.75. The molecule has 0 aliphatic carbocycles. The van der Waals surface area contributed by atoms with E-state index in [-0.39, 0.29) is 0 Å². The van der Waals surface area contributed by atoms with Crippen LogP contribution in [0, 0.1) is 17.8 Å². The third-order valence-corrected chi connectivity index (χ3v) is 2.73. The molecule has 3 N–H and O–H groups in total. The van der Waals surface area contributed by atoms with E-state index < -0.39 is 0 Å². The number of hydrogen-bond acceptors (Lipinski definition) is 2. The zero-order chi connectivity index (χ0) is 9.56. The molecule has 0 amide bonds. The highest BCUT2D eigenvalue weighted by atomic mass is 16.3. The maximum Gasteiger partial charge on any atom is 0.0433 e. The van der Waals surface area contributed by atoms with Gasteiger partial charge in [0.25, 0.3) is 0 Å². The number of aliphatic hydroxyl groups excluding tert-OH is 1.